The molecule has 3 rings (SSSR count). The van der Waals surface area contributed by atoms with E-state index in [1.54, 1.807) is 16.7 Å². The summed E-state index contributed by atoms with van der Waals surface area (Å²) in [5.74, 6) is 0.574. The maximum Gasteiger partial charge on any atom is 0.302 e. The van der Waals surface area contributed by atoms with Gasteiger partial charge in [0.25, 0.3) is 0 Å². The molecule has 0 aliphatic heterocycles. The van der Waals surface area contributed by atoms with Crippen molar-refractivity contribution in [3.05, 3.63) is 58.7 Å². The summed E-state index contributed by atoms with van der Waals surface area (Å²) < 4.78 is 5.03. The Hall–Kier alpha value is -1.83. The van der Waals surface area contributed by atoms with Crippen molar-refractivity contribution >= 4 is 5.97 Å². The third-order valence-electron chi connectivity index (χ3n) is 5.77. The zero-order chi connectivity index (χ0) is 18.2. The summed E-state index contributed by atoms with van der Waals surface area (Å²) in [6.07, 6.45) is 14.8. The number of hydrogen-bond acceptors (Lipinski definition) is 2. The summed E-state index contributed by atoms with van der Waals surface area (Å²) in [6.45, 7) is 2.05. The molecular weight excluding hydrogens is 320 g/mol. The Morgan fingerprint density at radius 1 is 1.04 bits per heavy atom. The molecule has 2 heteroatoms. The predicted molar refractivity (Wildman–Crippen MR) is 107 cm³/mol. The van der Waals surface area contributed by atoms with Gasteiger partial charge in [0.15, 0.2) is 0 Å². The maximum absolute atomic E-state index is 10.8. The second kappa shape index (κ2) is 9.75. The van der Waals surface area contributed by atoms with Crippen molar-refractivity contribution in [1.82, 2.24) is 0 Å². The average molecular weight is 353 g/mol. The Balaban J connectivity index is 1.51. The molecule has 0 heterocycles. The Morgan fingerprint density at radius 2 is 1.88 bits per heavy atom. The molecule has 26 heavy (non-hydrogen) atoms. The molecule has 140 valence electrons. The minimum absolute atomic E-state index is 0.165. The van der Waals surface area contributed by atoms with E-state index in [4.69, 9.17) is 4.74 Å². The van der Waals surface area contributed by atoms with Crippen LogP contribution in [0.25, 0.3) is 0 Å². The number of aryl methyl sites for hydroxylation is 1. The normalized spacial score (nSPS) is 19.3. The van der Waals surface area contributed by atoms with E-state index in [0.29, 0.717) is 6.61 Å². The van der Waals surface area contributed by atoms with Crippen molar-refractivity contribution in [2.75, 3.05) is 6.61 Å². The third-order valence-corrected chi connectivity index (χ3v) is 5.77. The van der Waals surface area contributed by atoms with Crippen LogP contribution in [0, 0.1) is 5.92 Å². The van der Waals surface area contributed by atoms with E-state index >= 15 is 0 Å². The highest BCUT2D eigenvalue weighted by Gasteiger charge is 2.29. The lowest BCUT2D eigenvalue weighted by Crippen LogP contribution is -2.10. The molecule has 2 aliphatic carbocycles. The smallest absolute Gasteiger partial charge is 0.302 e. The Labute approximate surface area is 158 Å². The van der Waals surface area contributed by atoms with Gasteiger partial charge in [0, 0.05) is 12.8 Å². The lowest BCUT2D eigenvalue weighted by molar-refractivity contribution is -0.141. The van der Waals surface area contributed by atoms with Crippen LogP contribution in [-0.2, 0) is 16.0 Å². The molecule has 1 unspecified atom stereocenters. The fourth-order valence-corrected chi connectivity index (χ4v) is 4.45. The number of allylic oxidation sites excluding steroid dienone is 4. The minimum atomic E-state index is -0.165. The first-order valence-electron chi connectivity index (χ1n) is 10.3. The van der Waals surface area contributed by atoms with Gasteiger partial charge in [-0.25, -0.2) is 0 Å². The molecule has 1 aromatic rings. The van der Waals surface area contributed by atoms with Gasteiger partial charge in [0.2, 0.25) is 0 Å². The van der Waals surface area contributed by atoms with Gasteiger partial charge in [0.05, 0.1) is 6.61 Å². The topological polar surface area (TPSA) is 26.3 Å². The van der Waals surface area contributed by atoms with Crippen molar-refractivity contribution in [2.45, 2.75) is 71.1 Å². The van der Waals surface area contributed by atoms with Crippen LogP contribution in [0.3, 0.4) is 0 Å². The number of carbonyl (C=O) groups excluding carboxylic acids is 1. The van der Waals surface area contributed by atoms with Gasteiger partial charge in [-0.15, -0.1) is 0 Å². The van der Waals surface area contributed by atoms with Crippen molar-refractivity contribution in [3.8, 4) is 0 Å². The fraction of sp³-hybridized carbons (Fsp3) is 0.542. The summed E-state index contributed by atoms with van der Waals surface area (Å²) >= 11 is 0. The zero-order valence-corrected chi connectivity index (χ0v) is 16.1. The van der Waals surface area contributed by atoms with E-state index in [1.165, 1.54) is 57.4 Å². The maximum atomic E-state index is 10.8. The Kier molecular flexibility index (Phi) is 7.11. The van der Waals surface area contributed by atoms with Crippen LogP contribution in [0.5, 0.6) is 0 Å². The molecule has 0 aromatic heterocycles. The van der Waals surface area contributed by atoms with Gasteiger partial charge >= 0.3 is 5.97 Å². The Morgan fingerprint density at radius 3 is 2.69 bits per heavy atom. The molecule has 1 fully saturated rings. The van der Waals surface area contributed by atoms with Crippen LogP contribution in [0.15, 0.2) is 53.1 Å². The first-order valence-corrected chi connectivity index (χ1v) is 10.3. The molecule has 1 aromatic carbocycles. The van der Waals surface area contributed by atoms with E-state index in [2.05, 4.69) is 36.4 Å². The quantitative estimate of drug-likeness (QED) is 0.392. The molecule has 0 amide bonds. The van der Waals surface area contributed by atoms with Gasteiger partial charge in [-0.3, -0.25) is 4.79 Å². The predicted octanol–water partition coefficient (Wildman–Crippen LogP) is 6.17. The van der Waals surface area contributed by atoms with E-state index < -0.39 is 0 Å². The summed E-state index contributed by atoms with van der Waals surface area (Å²) in [7, 11) is 0. The fourth-order valence-electron chi connectivity index (χ4n) is 4.45. The highest BCUT2D eigenvalue weighted by atomic mass is 16.5. The lowest BCUT2D eigenvalue weighted by Gasteiger charge is -2.25. The lowest BCUT2D eigenvalue weighted by atomic mass is 9.80. The molecule has 0 saturated heterocycles. The second-order valence-electron chi connectivity index (χ2n) is 7.70. The van der Waals surface area contributed by atoms with Crippen LogP contribution < -0.4 is 0 Å². The summed E-state index contributed by atoms with van der Waals surface area (Å²) in [5, 5.41) is 0. The van der Waals surface area contributed by atoms with Gasteiger partial charge in [0.1, 0.15) is 0 Å². The molecule has 0 bridgehead atoms. The van der Waals surface area contributed by atoms with Crippen molar-refractivity contribution in [1.29, 1.82) is 0 Å². The number of rotatable bonds is 9. The molecule has 1 saturated carbocycles. The monoisotopic (exact) mass is 352 g/mol. The van der Waals surface area contributed by atoms with Crippen LogP contribution in [-0.4, -0.2) is 12.6 Å². The molecule has 0 spiro atoms. The van der Waals surface area contributed by atoms with Crippen LogP contribution in [0.4, 0.5) is 0 Å². The molecule has 0 radical (unpaired) electrons. The third kappa shape index (κ3) is 5.33. The highest BCUT2D eigenvalue weighted by molar-refractivity contribution is 5.65. The van der Waals surface area contributed by atoms with E-state index in [-0.39, 0.29) is 5.97 Å². The summed E-state index contributed by atoms with van der Waals surface area (Å²) in [6, 6.07) is 10.9. The Bertz CT molecular complexity index is 654. The molecule has 2 nitrogen and oxygen atoms in total. The number of carbonyl (C=O) groups is 1. The molecule has 2 aliphatic rings. The standard InChI is InChI=1S/C24H32O2/c1-19(25)26-17-9-3-6-12-21-18-22(24-14-8-7-13-23(21)24)16-15-20-10-4-2-5-11-20/h2,4-5,10-11,18,24H,3,6-9,12-17H2,1H3. The van der Waals surface area contributed by atoms with Gasteiger partial charge in [-0.1, -0.05) is 54.0 Å². The molecule has 1 atom stereocenters. The SMILES string of the molecule is CC(=O)OCCCCCC1=C2CCCCC2C(CCc2ccccc2)=C1. The number of unbranched alkanes of at least 4 members (excludes halogenated alkanes) is 2. The van der Waals surface area contributed by atoms with E-state index in [0.717, 1.165) is 25.2 Å². The molecular formula is C24H32O2. The van der Waals surface area contributed by atoms with Gasteiger partial charge in [-0.05, 0) is 68.9 Å². The minimum Gasteiger partial charge on any atom is -0.466 e. The van der Waals surface area contributed by atoms with E-state index in [9.17, 15) is 4.79 Å². The first-order chi connectivity index (χ1) is 12.7. The van der Waals surface area contributed by atoms with Crippen LogP contribution >= 0.6 is 0 Å². The summed E-state index contributed by atoms with van der Waals surface area (Å²) in [4.78, 5) is 10.8. The zero-order valence-electron chi connectivity index (χ0n) is 16.1. The van der Waals surface area contributed by atoms with Crippen molar-refractivity contribution < 1.29 is 9.53 Å². The van der Waals surface area contributed by atoms with E-state index in [1.807, 2.05) is 0 Å². The largest absolute Gasteiger partial charge is 0.466 e. The van der Waals surface area contributed by atoms with Gasteiger partial charge in [-0.2, -0.15) is 0 Å². The van der Waals surface area contributed by atoms with Crippen molar-refractivity contribution in [2.24, 2.45) is 5.92 Å². The second-order valence-corrected chi connectivity index (χ2v) is 7.70. The first kappa shape index (κ1) is 18.9. The van der Waals surface area contributed by atoms with Crippen LogP contribution in [0.1, 0.15) is 70.3 Å². The van der Waals surface area contributed by atoms with Gasteiger partial charge < -0.3 is 4.74 Å². The highest BCUT2D eigenvalue weighted by Crippen LogP contribution is 2.44. The average Bonchev–Trinajstić information content (AvgIpc) is 3.01. The summed E-state index contributed by atoms with van der Waals surface area (Å²) in [5.41, 5.74) is 6.51. The van der Waals surface area contributed by atoms with Crippen molar-refractivity contribution in [3.63, 3.8) is 0 Å². The number of esters is 1. The van der Waals surface area contributed by atoms with Crippen LogP contribution in [0.2, 0.25) is 0 Å². The molecule has 0 N–H and O–H groups in total. The number of benzene rings is 1. The number of hydrogen-bond donors (Lipinski definition) is 0. The number of ether oxygens (including phenoxy) is 1. The number of fused-ring (bicyclic) bond motifs is 1.